The lowest BCUT2D eigenvalue weighted by atomic mass is 10.2. The first-order chi connectivity index (χ1) is 15.1. The zero-order valence-corrected chi connectivity index (χ0v) is 17.6. The van der Waals surface area contributed by atoms with E-state index in [1.165, 1.54) is 36.3 Å². The number of hydrogen-bond donors (Lipinski definition) is 0. The Labute approximate surface area is 181 Å². The maximum Gasteiger partial charge on any atom is 0.471 e. The normalized spacial score (nSPS) is 12.2. The molecule has 12 heteroatoms. The summed E-state index contributed by atoms with van der Waals surface area (Å²) in [6, 6.07) is 13.1. The number of rotatable bonds is 5. The molecule has 0 atom stereocenters. The molecule has 0 aliphatic rings. The van der Waals surface area contributed by atoms with Crippen molar-refractivity contribution in [3.8, 4) is 17.1 Å². The molecule has 166 valence electrons. The Balaban J connectivity index is 1.57. The highest BCUT2D eigenvalue weighted by molar-refractivity contribution is 7.92. The molecule has 8 nitrogen and oxygen atoms in total. The highest BCUT2D eigenvalue weighted by Crippen LogP contribution is 2.29. The van der Waals surface area contributed by atoms with Crippen LogP contribution in [0.3, 0.4) is 0 Å². The van der Waals surface area contributed by atoms with Gasteiger partial charge in [-0.3, -0.25) is 4.31 Å². The van der Waals surface area contributed by atoms with E-state index < -0.39 is 22.1 Å². The van der Waals surface area contributed by atoms with Gasteiger partial charge in [-0.15, -0.1) is 0 Å². The molecule has 32 heavy (non-hydrogen) atoms. The minimum atomic E-state index is -4.73. The van der Waals surface area contributed by atoms with Crippen molar-refractivity contribution in [1.82, 2.24) is 19.9 Å². The van der Waals surface area contributed by atoms with Gasteiger partial charge < -0.3 is 4.52 Å². The molecule has 0 bridgehead atoms. The summed E-state index contributed by atoms with van der Waals surface area (Å²) in [4.78, 5) is 3.32. The first-order valence-corrected chi connectivity index (χ1v) is 10.6. The van der Waals surface area contributed by atoms with Gasteiger partial charge in [0.25, 0.3) is 10.0 Å². The minimum Gasteiger partial charge on any atom is -0.329 e. The Bertz CT molecular complexity index is 1340. The number of nitrogens with zero attached hydrogens (tertiary/aromatic N) is 5. The van der Waals surface area contributed by atoms with Crippen LogP contribution in [0, 0.1) is 6.92 Å². The summed E-state index contributed by atoms with van der Waals surface area (Å²) in [6.07, 6.45) is -2.15. The fraction of sp³-hybridized carbons (Fsp3) is 0.150. The van der Waals surface area contributed by atoms with Crippen LogP contribution in [0.2, 0.25) is 0 Å². The highest BCUT2D eigenvalue weighted by Gasteiger charge is 2.38. The smallest absolute Gasteiger partial charge is 0.329 e. The van der Waals surface area contributed by atoms with Crippen molar-refractivity contribution < 1.29 is 26.1 Å². The van der Waals surface area contributed by atoms with Gasteiger partial charge in [0.1, 0.15) is 4.90 Å². The summed E-state index contributed by atoms with van der Waals surface area (Å²) >= 11 is 0. The molecule has 0 amide bonds. The molecule has 0 fully saturated rings. The fourth-order valence-electron chi connectivity index (χ4n) is 2.85. The van der Waals surface area contributed by atoms with E-state index in [4.69, 9.17) is 0 Å². The molecule has 0 N–H and O–H groups in total. The van der Waals surface area contributed by atoms with Gasteiger partial charge >= 0.3 is 12.1 Å². The highest BCUT2D eigenvalue weighted by atomic mass is 32.2. The number of halogens is 3. The van der Waals surface area contributed by atoms with Crippen LogP contribution in [-0.4, -0.2) is 35.4 Å². The molecule has 0 unspecified atom stereocenters. The second-order valence-electron chi connectivity index (χ2n) is 6.90. The molecule has 2 aromatic heterocycles. The first-order valence-electron chi connectivity index (χ1n) is 9.18. The molecule has 0 saturated carbocycles. The third-order valence-corrected chi connectivity index (χ3v) is 6.41. The van der Waals surface area contributed by atoms with Gasteiger partial charge in [-0.05, 0) is 43.3 Å². The standard InChI is InChI=1S/C20H16F3N5O3S/c1-13-3-7-15(8-4-13)27(2)32(29,30)17-11-24-28(12-17)16-9-5-14(6-10-16)18-25-19(31-26-18)20(21,22)23/h3-12H,1-2H3. The van der Waals surface area contributed by atoms with Gasteiger partial charge in [0.2, 0.25) is 5.82 Å². The average molecular weight is 463 g/mol. The summed E-state index contributed by atoms with van der Waals surface area (Å²) in [5, 5.41) is 7.43. The lowest BCUT2D eigenvalue weighted by Gasteiger charge is -2.18. The van der Waals surface area contributed by atoms with Crippen LogP contribution in [0.5, 0.6) is 0 Å². The monoisotopic (exact) mass is 463 g/mol. The van der Waals surface area contributed by atoms with E-state index in [1.807, 2.05) is 19.1 Å². The molecule has 0 aliphatic heterocycles. The quantitative estimate of drug-likeness (QED) is 0.443. The van der Waals surface area contributed by atoms with E-state index in [-0.39, 0.29) is 10.7 Å². The summed E-state index contributed by atoms with van der Waals surface area (Å²) in [6.45, 7) is 1.90. The number of benzene rings is 2. The lowest BCUT2D eigenvalue weighted by Crippen LogP contribution is -2.26. The lowest BCUT2D eigenvalue weighted by molar-refractivity contribution is -0.159. The van der Waals surface area contributed by atoms with E-state index in [0.717, 1.165) is 9.87 Å². The van der Waals surface area contributed by atoms with Crippen LogP contribution in [0.4, 0.5) is 18.9 Å². The van der Waals surface area contributed by atoms with E-state index in [2.05, 4.69) is 19.8 Å². The topological polar surface area (TPSA) is 94.1 Å². The van der Waals surface area contributed by atoms with Crippen LogP contribution in [-0.2, 0) is 16.2 Å². The third kappa shape index (κ3) is 4.08. The maximum atomic E-state index is 12.9. The number of aryl methyl sites for hydroxylation is 1. The van der Waals surface area contributed by atoms with Crippen molar-refractivity contribution in [2.75, 3.05) is 11.4 Å². The predicted molar refractivity (Wildman–Crippen MR) is 109 cm³/mol. The zero-order valence-electron chi connectivity index (χ0n) is 16.8. The number of sulfonamides is 1. The molecular formula is C20H16F3N5O3S. The number of hydrogen-bond acceptors (Lipinski definition) is 6. The van der Waals surface area contributed by atoms with Crippen LogP contribution >= 0.6 is 0 Å². The van der Waals surface area contributed by atoms with E-state index in [9.17, 15) is 21.6 Å². The molecule has 0 aliphatic carbocycles. The predicted octanol–water partition coefficient (Wildman–Crippen LogP) is 4.07. The fourth-order valence-corrected chi connectivity index (χ4v) is 3.98. The van der Waals surface area contributed by atoms with Crippen molar-refractivity contribution in [2.45, 2.75) is 18.0 Å². The van der Waals surface area contributed by atoms with Gasteiger partial charge in [-0.25, -0.2) is 13.1 Å². The molecule has 0 radical (unpaired) electrons. The number of anilines is 1. The largest absolute Gasteiger partial charge is 0.471 e. The van der Waals surface area contributed by atoms with Gasteiger partial charge in [0.15, 0.2) is 0 Å². The van der Waals surface area contributed by atoms with Gasteiger partial charge in [-0.1, -0.05) is 22.9 Å². The number of alkyl halides is 3. The molecular weight excluding hydrogens is 447 g/mol. The second-order valence-corrected chi connectivity index (χ2v) is 8.87. The van der Waals surface area contributed by atoms with Crippen molar-refractivity contribution in [3.05, 3.63) is 72.4 Å². The number of aromatic nitrogens is 4. The average Bonchev–Trinajstić information content (AvgIpc) is 3.44. The minimum absolute atomic E-state index is 0.0161. The zero-order chi connectivity index (χ0) is 23.1. The first kappa shape index (κ1) is 21.6. The SMILES string of the molecule is Cc1ccc(N(C)S(=O)(=O)c2cnn(-c3ccc(-c4noc(C(F)(F)F)n4)cc3)c2)cc1. The summed E-state index contributed by atoms with van der Waals surface area (Å²) in [5.41, 5.74) is 2.30. The second kappa shape index (κ2) is 7.79. The van der Waals surface area contributed by atoms with Crippen molar-refractivity contribution in [2.24, 2.45) is 0 Å². The van der Waals surface area contributed by atoms with Crippen LogP contribution in [0.25, 0.3) is 17.1 Å². The Morgan fingerprint density at radius 1 is 1.03 bits per heavy atom. The molecule has 2 aromatic carbocycles. The van der Waals surface area contributed by atoms with Crippen LogP contribution < -0.4 is 4.31 Å². The van der Waals surface area contributed by atoms with Crippen LogP contribution in [0.15, 0.2) is 70.3 Å². The van der Waals surface area contributed by atoms with E-state index in [0.29, 0.717) is 16.9 Å². The van der Waals surface area contributed by atoms with Crippen molar-refractivity contribution in [3.63, 3.8) is 0 Å². The molecule has 0 saturated heterocycles. The summed E-state index contributed by atoms with van der Waals surface area (Å²) in [7, 11) is -2.39. The van der Waals surface area contributed by atoms with Crippen molar-refractivity contribution >= 4 is 15.7 Å². The summed E-state index contributed by atoms with van der Waals surface area (Å²) in [5.74, 6) is -1.65. The van der Waals surface area contributed by atoms with Gasteiger partial charge in [-0.2, -0.15) is 23.3 Å². The maximum absolute atomic E-state index is 12.9. The molecule has 2 heterocycles. The Morgan fingerprint density at radius 3 is 2.28 bits per heavy atom. The Hall–Kier alpha value is -3.67. The molecule has 4 aromatic rings. The van der Waals surface area contributed by atoms with Crippen molar-refractivity contribution in [1.29, 1.82) is 0 Å². The van der Waals surface area contributed by atoms with Crippen LogP contribution in [0.1, 0.15) is 11.5 Å². The Morgan fingerprint density at radius 2 is 1.69 bits per heavy atom. The summed E-state index contributed by atoms with van der Waals surface area (Å²) < 4.78 is 70.5. The van der Waals surface area contributed by atoms with E-state index in [1.54, 1.807) is 24.3 Å². The van der Waals surface area contributed by atoms with Gasteiger partial charge in [0.05, 0.1) is 23.8 Å². The third-order valence-electron chi connectivity index (χ3n) is 4.67. The Kier molecular flexibility index (Phi) is 5.25. The molecule has 4 rings (SSSR count). The van der Waals surface area contributed by atoms with Gasteiger partial charge in [0, 0.05) is 12.6 Å². The molecule has 0 spiro atoms. The van der Waals surface area contributed by atoms with E-state index >= 15 is 0 Å².